The molecule has 1 amide bonds. The summed E-state index contributed by atoms with van der Waals surface area (Å²) >= 11 is 0. The molecule has 7 heteroatoms. The molecule has 1 aliphatic carbocycles. The summed E-state index contributed by atoms with van der Waals surface area (Å²) in [7, 11) is 0. The van der Waals surface area contributed by atoms with Gasteiger partial charge in [-0.2, -0.15) is 0 Å². The number of nitrogen functional groups attached to an aromatic ring is 1. The molecule has 1 aliphatic heterocycles. The van der Waals surface area contributed by atoms with Gasteiger partial charge in [0.05, 0.1) is 0 Å². The molecule has 0 aromatic carbocycles. The molecule has 4 rings (SSSR count). The lowest BCUT2D eigenvalue weighted by atomic mass is 10.1. The standard InChI is InChI=1S/C16H20N6O/c17-13-9-11(5-7-18-13)16(23)19-12-3-4-14-20-21-15(10-1-2-10)22(14)8-6-12/h5,7,9-10,12H,1-4,6,8H2,(H2,17,18)(H,19,23). The van der Waals surface area contributed by atoms with Crippen LogP contribution in [0.25, 0.3) is 0 Å². The number of carbonyl (C=O) groups is 1. The third-order valence-electron chi connectivity index (χ3n) is 4.59. The third kappa shape index (κ3) is 2.91. The molecule has 2 aromatic heterocycles. The Morgan fingerprint density at radius 3 is 2.91 bits per heavy atom. The van der Waals surface area contributed by atoms with Gasteiger partial charge in [0.15, 0.2) is 0 Å². The first-order valence-corrected chi connectivity index (χ1v) is 8.15. The number of carbonyl (C=O) groups excluding carboxylic acids is 1. The largest absolute Gasteiger partial charge is 0.384 e. The van der Waals surface area contributed by atoms with Crippen LogP contribution in [0.5, 0.6) is 0 Å². The maximum Gasteiger partial charge on any atom is 0.251 e. The molecule has 0 bridgehead atoms. The van der Waals surface area contributed by atoms with E-state index < -0.39 is 0 Å². The van der Waals surface area contributed by atoms with E-state index in [0.29, 0.717) is 17.3 Å². The minimum absolute atomic E-state index is 0.0934. The van der Waals surface area contributed by atoms with Gasteiger partial charge in [-0.15, -0.1) is 10.2 Å². The van der Waals surface area contributed by atoms with Crippen molar-refractivity contribution >= 4 is 11.7 Å². The molecule has 2 aliphatic rings. The van der Waals surface area contributed by atoms with Crippen molar-refractivity contribution in [2.75, 3.05) is 5.73 Å². The van der Waals surface area contributed by atoms with E-state index in [9.17, 15) is 4.79 Å². The van der Waals surface area contributed by atoms with Crippen LogP contribution in [0.1, 0.15) is 53.6 Å². The summed E-state index contributed by atoms with van der Waals surface area (Å²) in [5.74, 6) is 3.05. The Morgan fingerprint density at radius 1 is 1.26 bits per heavy atom. The van der Waals surface area contributed by atoms with Gasteiger partial charge in [-0.1, -0.05) is 0 Å². The molecule has 1 saturated carbocycles. The first kappa shape index (κ1) is 14.2. The molecule has 0 radical (unpaired) electrons. The van der Waals surface area contributed by atoms with E-state index in [1.807, 2.05) is 0 Å². The SMILES string of the molecule is Nc1cc(C(=O)NC2CCc3nnc(C4CC4)n3CC2)ccn1. The Morgan fingerprint density at radius 2 is 2.13 bits per heavy atom. The fourth-order valence-corrected chi connectivity index (χ4v) is 3.16. The highest BCUT2D eigenvalue weighted by Crippen LogP contribution is 2.39. The number of nitrogens with one attached hydrogen (secondary N) is 1. The minimum Gasteiger partial charge on any atom is -0.384 e. The Balaban J connectivity index is 1.43. The molecule has 3 N–H and O–H groups in total. The molecule has 1 atom stereocenters. The zero-order valence-electron chi connectivity index (χ0n) is 12.9. The van der Waals surface area contributed by atoms with E-state index in [2.05, 4.69) is 25.1 Å². The van der Waals surface area contributed by atoms with Gasteiger partial charge in [0.2, 0.25) is 0 Å². The highest BCUT2D eigenvalue weighted by Gasteiger charge is 2.31. The fraction of sp³-hybridized carbons (Fsp3) is 0.500. The van der Waals surface area contributed by atoms with Gasteiger partial charge in [0.1, 0.15) is 17.5 Å². The highest BCUT2D eigenvalue weighted by molar-refractivity contribution is 5.94. The van der Waals surface area contributed by atoms with Crippen LogP contribution in [0.3, 0.4) is 0 Å². The Hall–Kier alpha value is -2.44. The number of nitrogens with zero attached hydrogens (tertiary/aromatic N) is 4. The number of fused-ring (bicyclic) bond motifs is 1. The zero-order chi connectivity index (χ0) is 15.8. The number of hydrogen-bond acceptors (Lipinski definition) is 5. The van der Waals surface area contributed by atoms with Gasteiger partial charge in [0, 0.05) is 36.7 Å². The van der Waals surface area contributed by atoms with Crippen molar-refractivity contribution in [1.82, 2.24) is 25.1 Å². The van der Waals surface area contributed by atoms with Crippen molar-refractivity contribution < 1.29 is 4.79 Å². The number of anilines is 1. The minimum atomic E-state index is -0.0934. The average Bonchev–Trinajstić information content (AvgIpc) is 3.34. The van der Waals surface area contributed by atoms with Crippen molar-refractivity contribution in [3.05, 3.63) is 35.5 Å². The van der Waals surface area contributed by atoms with E-state index >= 15 is 0 Å². The van der Waals surface area contributed by atoms with Gasteiger partial charge in [-0.25, -0.2) is 4.98 Å². The van der Waals surface area contributed by atoms with Crippen molar-refractivity contribution in [2.24, 2.45) is 0 Å². The predicted octanol–water partition coefficient (Wildman–Crippen LogP) is 1.27. The number of rotatable bonds is 3. The first-order chi connectivity index (χ1) is 11.2. The van der Waals surface area contributed by atoms with Gasteiger partial charge >= 0.3 is 0 Å². The molecular weight excluding hydrogens is 292 g/mol. The fourth-order valence-electron chi connectivity index (χ4n) is 3.16. The maximum absolute atomic E-state index is 12.3. The number of amides is 1. The maximum atomic E-state index is 12.3. The number of nitrogens with two attached hydrogens (primary N) is 1. The molecule has 7 nitrogen and oxygen atoms in total. The van der Waals surface area contributed by atoms with Gasteiger partial charge in [0.25, 0.3) is 5.91 Å². The monoisotopic (exact) mass is 312 g/mol. The van der Waals surface area contributed by atoms with Crippen LogP contribution >= 0.6 is 0 Å². The van der Waals surface area contributed by atoms with Crippen molar-refractivity contribution in [3.8, 4) is 0 Å². The van der Waals surface area contributed by atoms with Crippen LogP contribution in [0.4, 0.5) is 5.82 Å². The highest BCUT2D eigenvalue weighted by atomic mass is 16.1. The van der Waals surface area contributed by atoms with Crippen LogP contribution in [0.15, 0.2) is 18.3 Å². The molecule has 2 aromatic rings. The molecule has 1 fully saturated rings. The predicted molar refractivity (Wildman–Crippen MR) is 84.8 cm³/mol. The number of hydrogen-bond donors (Lipinski definition) is 2. The topological polar surface area (TPSA) is 98.7 Å². The molecule has 3 heterocycles. The summed E-state index contributed by atoms with van der Waals surface area (Å²) in [4.78, 5) is 16.3. The zero-order valence-corrected chi connectivity index (χ0v) is 12.9. The summed E-state index contributed by atoms with van der Waals surface area (Å²) in [5.41, 5.74) is 6.19. The molecule has 0 spiro atoms. The van der Waals surface area contributed by atoms with Crippen LogP contribution in [0, 0.1) is 0 Å². The second-order valence-corrected chi connectivity index (χ2v) is 6.37. The van der Waals surface area contributed by atoms with Gasteiger partial charge in [-0.05, 0) is 37.8 Å². The van der Waals surface area contributed by atoms with Crippen LogP contribution in [0.2, 0.25) is 0 Å². The Labute approximate surface area is 134 Å². The van der Waals surface area contributed by atoms with E-state index in [1.54, 1.807) is 18.3 Å². The lowest BCUT2D eigenvalue weighted by Gasteiger charge is -2.16. The second-order valence-electron chi connectivity index (χ2n) is 6.37. The summed E-state index contributed by atoms with van der Waals surface area (Å²) in [6.45, 7) is 0.873. The van der Waals surface area contributed by atoms with Crippen molar-refractivity contribution in [3.63, 3.8) is 0 Å². The normalized spacial score (nSPS) is 20.6. The van der Waals surface area contributed by atoms with E-state index in [-0.39, 0.29) is 11.9 Å². The van der Waals surface area contributed by atoms with Crippen LogP contribution < -0.4 is 11.1 Å². The molecule has 0 saturated heterocycles. The van der Waals surface area contributed by atoms with E-state index in [4.69, 9.17) is 5.73 Å². The van der Waals surface area contributed by atoms with Crippen molar-refractivity contribution in [1.29, 1.82) is 0 Å². The van der Waals surface area contributed by atoms with E-state index in [1.165, 1.54) is 12.8 Å². The summed E-state index contributed by atoms with van der Waals surface area (Å²) < 4.78 is 2.26. The average molecular weight is 312 g/mol. The Bertz CT molecular complexity index is 736. The van der Waals surface area contributed by atoms with Gasteiger partial charge in [-0.3, -0.25) is 4.79 Å². The second kappa shape index (κ2) is 5.64. The molecule has 1 unspecified atom stereocenters. The molecule has 120 valence electrons. The number of aryl methyl sites for hydroxylation is 1. The first-order valence-electron chi connectivity index (χ1n) is 8.15. The molecular formula is C16H20N6O. The summed E-state index contributed by atoms with van der Waals surface area (Å²) in [5, 5.41) is 11.8. The lowest BCUT2D eigenvalue weighted by molar-refractivity contribution is 0.0933. The summed E-state index contributed by atoms with van der Waals surface area (Å²) in [6.07, 6.45) is 6.64. The van der Waals surface area contributed by atoms with Gasteiger partial charge < -0.3 is 15.6 Å². The number of pyridine rings is 1. The lowest BCUT2D eigenvalue weighted by Crippen LogP contribution is -2.35. The third-order valence-corrected chi connectivity index (χ3v) is 4.59. The van der Waals surface area contributed by atoms with Crippen LogP contribution in [-0.4, -0.2) is 31.7 Å². The van der Waals surface area contributed by atoms with Crippen LogP contribution in [-0.2, 0) is 13.0 Å². The quantitative estimate of drug-likeness (QED) is 0.889. The Kier molecular flexibility index (Phi) is 3.48. The summed E-state index contributed by atoms with van der Waals surface area (Å²) in [6, 6.07) is 3.43. The van der Waals surface area contributed by atoms with Crippen molar-refractivity contribution in [2.45, 2.75) is 50.6 Å². The smallest absolute Gasteiger partial charge is 0.251 e. The number of aromatic nitrogens is 4. The molecule has 23 heavy (non-hydrogen) atoms. The van der Waals surface area contributed by atoms with E-state index in [0.717, 1.165) is 37.5 Å².